The van der Waals surface area contributed by atoms with Crippen LogP contribution in [-0.2, 0) is 0 Å². The molecule has 2 aliphatic carbocycles. The third-order valence-electron chi connectivity index (χ3n) is 6.33. The second-order valence-corrected chi connectivity index (χ2v) is 8.91. The Morgan fingerprint density at radius 1 is 1.09 bits per heavy atom. The number of anilines is 1. The van der Waals surface area contributed by atoms with Crippen LogP contribution >= 0.6 is 0 Å². The van der Waals surface area contributed by atoms with Crippen LogP contribution in [0.15, 0.2) is 18.3 Å². The van der Waals surface area contributed by atoms with Gasteiger partial charge in [-0.05, 0) is 38.2 Å². The number of likely N-dealkylation sites (tertiary alicyclic amines) is 1. The molecule has 1 unspecified atom stereocenters. The van der Waals surface area contributed by atoms with E-state index in [1.54, 1.807) is 6.07 Å². The lowest BCUT2D eigenvalue weighted by atomic mass is 9.92. The Morgan fingerprint density at radius 3 is 2.56 bits per heavy atom. The summed E-state index contributed by atoms with van der Waals surface area (Å²) in [5.74, 6) is -1.81. The lowest BCUT2D eigenvalue weighted by Crippen LogP contribution is -2.32. The van der Waals surface area contributed by atoms with Crippen LogP contribution in [-0.4, -0.2) is 61.8 Å². The van der Waals surface area contributed by atoms with Gasteiger partial charge in [0.2, 0.25) is 11.8 Å². The van der Waals surface area contributed by atoms with Gasteiger partial charge in [0.1, 0.15) is 17.6 Å². The fourth-order valence-corrected chi connectivity index (χ4v) is 4.40. The third-order valence-corrected chi connectivity index (χ3v) is 6.33. The summed E-state index contributed by atoms with van der Waals surface area (Å²) in [7, 11) is 0. The molecule has 0 radical (unpaired) electrons. The smallest absolute Gasteiger partial charge is 0.282 e. The summed E-state index contributed by atoms with van der Waals surface area (Å²) in [6.45, 7) is 1.80. The molecule has 11 heteroatoms. The van der Waals surface area contributed by atoms with E-state index in [2.05, 4.69) is 25.3 Å². The number of nitrogens with zero attached hydrogens (tertiary/aromatic N) is 5. The van der Waals surface area contributed by atoms with Crippen molar-refractivity contribution >= 4 is 5.82 Å². The third kappa shape index (κ3) is 4.97. The number of ether oxygens (including phenoxy) is 1. The molecule has 1 aliphatic heterocycles. The van der Waals surface area contributed by atoms with Crippen LogP contribution in [0.25, 0.3) is 5.95 Å². The lowest BCUT2D eigenvalue weighted by Gasteiger charge is -2.29. The van der Waals surface area contributed by atoms with Gasteiger partial charge in [0, 0.05) is 50.3 Å². The van der Waals surface area contributed by atoms with Crippen LogP contribution in [0.2, 0.25) is 0 Å². The summed E-state index contributed by atoms with van der Waals surface area (Å²) in [5, 5.41) is 7.05. The summed E-state index contributed by atoms with van der Waals surface area (Å²) in [6, 6.07) is 3.36. The van der Waals surface area contributed by atoms with Crippen molar-refractivity contribution < 1.29 is 22.3 Å². The van der Waals surface area contributed by atoms with Crippen LogP contribution in [0.1, 0.15) is 57.1 Å². The van der Waals surface area contributed by atoms with Gasteiger partial charge in [-0.15, -0.1) is 0 Å². The Kier molecular flexibility index (Phi) is 5.68. The average molecular weight is 454 g/mol. The van der Waals surface area contributed by atoms with Crippen LogP contribution in [0.5, 0.6) is 5.88 Å². The minimum absolute atomic E-state index is 0.0196. The van der Waals surface area contributed by atoms with Crippen molar-refractivity contribution in [3.05, 3.63) is 24.0 Å². The van der Waals surface area contributed by atoms with Crippen molar-refractivity contribution in [2.45, 2.75) is 75.5 Å². The largest absolute Gasteiger partial charge is 0.473 e. The van der Waals surface area contributed by atoms with Gasteiger partial charge in [0.05, 0.1) is 0 Å². The number of hydrogen-bond donors (Lipinski definition) is 1. The van der Waals surface area contributed by atoms with Gasteiger partial charge < -0.3 is 10.1 Å². The average Bonchev–Trinajstić information content (AvgIpc) is 3.28. The molecule has 5 rings (SSSR count). The molecule has 1 N–H and O–H groups in total. The highest BCUT2D eigenvalue weighted by Crippen LogP contribution is 2.35. The van der Waals surface area contributed by atoms with E-state index in [9.17, 15) is 17.6 Å². The number of aromatic nitrogens is 4. The Morgan fingerprint density at radius 2 is 1.88 bits per heavy atom. The zero-order valence-corrected chi connectivity index (χ0v) is 17.6. The highest BCUT2D eigenvalue weighted by atomic mass is 19.3. The van der Waals surface area contributed by atoms with E-state index in [0.29, 0.717) is 30.6 Å². The minimum Gasteiger partial charge on any atom is -0.473 e. The number of halogens is 4. The standard InChI is InChI=1S/C21H26F4N6O/c22-19(23)16-6-10-31(29-16)20-27-17(26-13-3-7-21(24,25)8-4-13)11-18(28-20)32-15-5-9-30(12-15)14-1-2-14/h6,10-11,13-15,19H,1-5,7-9,12H2,(H,26,27,28). The molecule has 0 amide bonds. The minimum atomic E-state index is -2.70. The molecule has 0 bridgehead atoms. The fraction of sp³-hybridized carbons (Fsp3) is 0.667. The van der Waals surface area contributed by atoms with Gasteiger partial charge in [0.15, 0.2) is 0 Å². The van der Waals surface area contributed by atoms with Crippen molar-refractivity contribution in [3.63, 3.8) is 0 Å². The second kappa shape index (κ2) is 8.49. The van der Waals surface area contributed by atoms with Crippen LogP contribution < -0.4 is 10.1 Å². The summed E-state index contributed by atoms with van der Waals surface area (Å²) in [4.78, 5) is 11.2. The summed E-state index contributed by atoms with van der Waals surface area (Å²) >= 11 is 0. The maximum atomic E-state index is 13.5. The Labute approximate surface area is 183 Å². The van der Waals surface area contributed by atoms with Crippen LogP contribution in [0.3, 0.4) is 0 Å². The molecule has 0 aromatic carbocycles. The SMILES string of the molecule is FC(F)c1ccn(-c2nc(NC3CCC(F)(F)CC3)cc(OC3CCN(C4CC4)C3)n2)n1. The first-order chi connectivity index (χ1) is 15.3. The summed E-state index contributed by atoms with van der Waals surface area (Å²) < 4.78 is 60.3. The maximum absolute atomic E-state index is 13.5. The van der Waals surface area contributed by atoms with E-state index in [0.717, 1.165) is 19.5 Å². The lowest BCUT2D eigenvalue weighted by molar-refractivity contribution is -0.0361. The quantitative estimate of drug-likeness (QED) is 0.633. The van der Waals surface area contributed by atoms with Crippen molar-refractivity contribution in [1.82, 2.24) is 24.6 Å². The van der Waals surface area contributed by atoms with E-state index >= 15 is 0 Å². The summed E-state index contributed by atoms with van der Waals surface area (Å²) in [5.41, 5.74) is -0.375. The van der Waals surface area contributed by atoms with Crippen molar-refractivity contribution in [2.24, 2.45) is 0 Å². The molecule has 3 heterocycles. The molecule has 2 aromatic heterocycles. The zero-order chi connectivity index (χ0) is 22.3. The van der Waals surface area contributed by atoms with E-state index < -0.39 is 12.3 Å². The fourth-order valence-electron chi connectivity index (χ4n) is 4.40. The zero-order valence-electron chi connectivity index (χ0n) is 17.6. The van der Waals surface area contributed by atoms with Gasteiger partial charge in [-0.1, -0.05) is 0 Å². The number of hydrogen-bond acceptors (Lipinski definition) is 6. The predicted molar refractivity (Wildman–Crippen MR) is 109 cm³/mol. The van der Waals surface area contributed by atoms with Crippen LogP contribution in [0.4, 0.5) is 23.4 Å². The second-order valence-electron chi connectivity index (χ2n) is 8.91. The van der Waals surface area contributed by atoms with E-state index in [1.165, 1.54) is 29.8 Å². The molecule has 174 valence electrons. The van der Waals surface area contributed by atoms with E-state index in [-0.39, 0.29) is 36.6 Å². The molecule has 2 aromatic rings. The molecule has 3 fully saturated rings. The molecule has 1 atom stereocenters. The molecule has 7 nitrogen and oxygen atoms in total. The molecule has 0 spiro atoms. The summed E-state index contributed by atoms with van der Waals surface area (Å²) in [6.07, 6.45) is 2.26. The Hall–Kier alpha value is -2.43. The number of alkyl halides is 4. The molecule has 1 saturated heterocycles. The van der Waals surface area contributed by atoms with Gasteiger partial charge >= 0.3 is 0 Å². The Balaban J connectivity index is 1.35. The van der Waals surface area contributed by atoms with Gasteiger partial charge in [-0.25, -0.2) is 22.2 Å². The molecule has 2 saturated carbocycles. The van der Waals surface area contributed by atoms with E-state index in [1.807, 2.05) is 0 Å². The van der Waals surface area contributed by atoms with Gasteiger partial charge in [-0.2, -0.15) is 15.1 Å². The highest BCUT2D eigenvalue weighted by Gasteiger charge is 2.36. The number of nitrogens with one attached hydrogen (secondary N) is 1. The first-order valence-corrected chi connectivity index (χ1v) is 11.1. The topological polar surface area (TPSA) is 68.1 Å². The maximum Gasteiger partial charge on any atom is 0.282 e. The predicted octanol–water partition coefficient (Wildman–Crippen LogP) is 4.21. The normalized spacial score (nSPS) is 24.2. The monoisotopic (exact) mass is 454 g/mol. The first kappa shape index (κ1) is 21.4. The van der Waals surface area contributed by atoms with E-state index in [4.69, 9.17) is 4.74 Å². The molecule has 32 heavy (non-hydrogen) atoms. The first-order valence-electron chi connectivity index (χ1n) is 11.1. The molecule has 3 aliphatic rings. The highest BCUT2D eigenvalue weighted by molar-refractivity contribution is 5.42. The van der Waals surface area contributed by atoms with Gasteiger partial charge in [-0.3, -0.25) is 4.90 Å². The number of rotatable bonds is 7. The molecular weight excluding hydrogens is 428 g/mol. The van der Waals surface area contributed by atoms with Crippen molar-refractivity contribution in [3.8, 4) is 11.8 Å². The van der Waals surface area contributed by atoms with Crippen molar-refractivity contribution in [2.75, 3.05) is 18.4 Å². The molecular formula is C21H26F4N6O. The Bertz CT molecular complexity index is 918. The van der Waals surface area contributed by atoms with Crippen LogP contribution in [0, 0.1) is 0 Å². The van der Waals surface area contributed by atoms with Gasteiger partial charge in [0.25, 0.3) is 12.4 Å². The van der Waals surface area contributed by atoms with Crippen molar-refractivity contribution in [1.29, 1.82) is 0 Å².